The third-order valence-electron chi connectivity index (χ3n) is 2.13. The Balaban J connectivity index is 2.46. The summed E-state index contributed by atoms with van der Waals surface area (Å²) >= 11 is 14.2. The van der Waals surface area contributed by atoms with E-state index in [1.165, 1.54) is 0 Å². The number of hydrogen-bond donors (Lipinski definition) is 0. The lowest BCUT2D eigenvalue weighted by atomic mass is 10.1. The molecule has 2 rings (SSSR count). The Morgan fingerprint density at radius 2 is 2.06 bits per heavy atom. The largest absolute Gasteiger partial charge is 0.205 e. The van der Waals surface area contributed by atoms with E-state index < -0.39 is 0 Å². The molecular weight excluding hydrogens is 378 g/mol. The molecule has 0 aliphatic rings. The molecule has 1 aromatic heterocycles. The van der Waals surface area contributed by atoms with Crippen molar-refractivity contribution in [2.45, 2.75) is 4.83 Å². The molecule has 0 spiro atoms. The zero-order valence-electron chi connectivity index (χ0n) is 7.88. The molecule has 5 heteroatoms. The van der Waals surface area contributed by atoms with Crippen LogP contribution < -0.4 is 0 Å². The lowest BCUT2D eigenvalue weighted by Gasteiger charge is -2.11. The van der Waals surface area contributed by atoms with Crippen LogP contribution in [0.3, 0.4) is 0 Å². The number of rotatable bonds is 2. The number of benzene rings is 1. The fourth-order valence-corrected chi connectivity index (χ4v) is 4.35. The molecule has 0 saturated carbocycles. The Bertz CT molecular complexity index is 512. The SMILES string of the molecule is Fc1c(Cl)cccc1C(Br)c1sccc1Br. The Kier molecular flexibility index (Phi) is 4.06. The molecule has 0 N–H and O–H groups in total. The van der Waals surface area contributed by atoms with E-state index in [2.05, 4.69) is 31.9 Å². The first-order valence-corrected chi connectivity index (χ1v) is 7.38. The van der Waals surface area contributed by atoms with Crippen LogP contribution in [0.1, 0.15) is 15.3 Å². The molecule has 1 aromatic carbocycles. The van der Waals surface area contributed by atoms with Crippen LogP contribution >= 0.6 is 54.8 Å². The van der Waals surface area contributed by atoms with Crippen molar-refractivity contribution in [1.82, 2.24) is 0 Å². The van der Waals surface area contributed by atoms with E-state index in [0.717, 1.165) is 9.35 Å². The third kappa shape index (κ3) is 2.35. The monoisotopic (exact) mass is 382 g/mol. The third-order valence-corrected chi connectivity index (χ3v) is 5.61. The second-order valence-corrected chi connectivity index (χ2v) is 6.26. The van der Waals surface area contributed by atoms with Crippen LogP contribution in [0.15, 0.2) is 34.1 Å². The van der Waals surface area contributed by atoms with E-state index in [0.29, 0.717) is 5.56 Å². The second kappa shape index (κ2) is 5.17. The summed E-state index contributed by atoms with van der Waals surface area (Å²) < 4.78 is 14.8. The first-order chi connectivity index (χ1) is 7.61. The molecule has 1 heterocycles. The highest BCUT2D eigenvalue weighted by molar-refractivity contribution is 9.11. The molecule has 0 amide bonds. The van der Waals surface area contributed by atoms with Crippen LogP contribution in [0, 0.1) is 5.82 Å². The van der Waals surface area contributed by atoms with Gasteiger partial charge in [-0.2, -0.15) is 0 Å². The van der Waals surface area contributed by atoms with Crippen molar-refractivity contribution in [3.05, 3.63) is 55.4 Å². The van der Waals surface area contributed by atoms with Crippen LogP contribution in [0.25, 0.3) is 0 Å². The molecule has 0 nitrogen and oxygen atoms in total. The van der Waals surface area contributed by atoms with E-state index >= 15 is 0 Å². The van der Waals surface area contributed by atoms with Gasteiger partial charge in [-0.1, -0.05) is 39.7 Å². The van der Waals surface area contributed by atoms with Gasteiger partial charge in [0, 0.05) is 14.9 Å². The summed E-state index contributed by atoms with van der Waals surface area (Å²) in [5.41, 5.74) is 0.552. The minimum atomic E-state index is -0.369. The van der Waals surface area contributed by atoms with Crippen LogP contribution in [0.4, 0.5) is 4.39 Å². The number of halogens is 4. The van der Waals surface area contributed by atoms with E-state index in [4.69, 9.17) is 11.6 Å². The standard InChI is InChI=1S/C11H6Br2ClFS/c12-7-4-5-16-11(7)9(13)6-2-1-3-8(14)10(6)15/h1-5,9H. The highest BCUT2D eigenvalue weighted by atomic mass is 79.9. The summed E-state index contributed by atoms with van der Waals surface area (Å²) in [7, 11) is 0. The predicted molar refractivity (Wildman–Crippen MR) is 74.2 cm³/mol. The fraction of sp³-hybridized carbons (Fsp3) is 0.0909. The molecule has 0 saturated heterocycles. The summed E-state index contributed by atoms with van der Waals surface area (Å²) in [6, 6.07) is 6.96. The van der Waals surface area contributed by atoms with Crippen molar-refractivity contribution >= 4 is 54.8 Å². The predicted octanol–water partition coefficient (Wildman–Crippen LogP) is 5.79. The molecule has 2 aromatic rings. The average Bonchev–Trinajstić information content (AvgIpc) is 2.68. The Morgan fingerprint density at radius 3 is 2.69 bits per heavy atom. The van der Waals surface area contributed by atoms with E-state index in [1.807, 2.05) is 11.4 Å². The van der Waals surface area contributed by atoms with Crippen molar-refractivity contribution in [3.8, 4) is 0 Å². The van der Waals surface area contributed by atoms with Gasteiger partial charge in [0.15, 0.2) is 0 Å². The average molecular weight is 384 g/mol. The quantitative estimate of drug-likeness (QED) is 0.575. The van der Waals surface area contributed by atoms with Crippen LogP contribution in [-0.2, 0) is 0 Å². The summed E-state index contributed by atoms with van der Waals surface area (Å²) in [5, 5.41) is 2.10. The zero-order valence-corrected chi connectivity index (χ0v) is 12.6. The highest BCUT2D eigenvalue weighted by Gasteiger charge is 2.19. The molecule has 0 radical (unpaired) electrons. The maximum Gasteiger partial charge on any atom is 0.146 e. The summed E-state index contributed by atoms with van der Waals surface area (Å²) in [4.78, 5) is 0.849. The summed E-state index contributed by atoms with van der Waals surface area (Å²) in [5.74, 6) is -0.369. The van der Waals surface area contributed by atoms with Crippen LogP contribution in [-0.4, -0.2) is 0 Å². The Labute approximate surface area is 119 Å². The van der Waals surface area contributed by atoms with Gasteiger partial charge in [0.25, 0.3) is 0 Å². The van der Waals surface area contributed by atoms with Gasteiger partial charge in [-0.25, -0.2) is 4.39 Å². The van der Waals surface area contributed by atoms with E-state index in [9.17, 15) is 4.39 Å². The second-order valence-electron chi connectivity index (χ2n) is 3.14. The van der Waals surface area contributed by atoms with Crippen molar-refractivity contribution in [2.24, 2.45) is 0 Å². The van der Waals surface area contributed by atoms with Crippen LogP contribution in [0.2, 0.25) is 5.02 Å². The van der Waals surface area contributed by atoms with E-state index in [1.54, 1.807) is 29.5 Å². The van der Waals surface area contributed by atoms with Gasteiger partial charge in [0.05, 0.1) is 9.85 Å². The van der Waals surface area contributed by atoms with Gasteiger partial charge in [-0.15, -0.1) is 11.3 Å². The first-order valence-electron chi connectivity index (χ1n) is 4.42. The van der Waals surface area contributed by atoms with E-state index in [-0.39, 0.29) is 15.7 Å². The van der Waals surface area contributed by atoms with Gasteiger partial charge in [0.1, 0.15) is 5.82 Å². The lowest BCUT2D eigenvalue weighted by Crippen LogP contribution is -1.95. The maximum absolute atomic E-state index is 13.8. The maximum atomic E-state index is 13.8. The molecule has 0 bridgehead atoms. The molecule has 84 valence electrons. The Morgan fingerprint density at radius 1 is 1.31 bits per heavy atom. The topological polar surface area (TPSA) is 0 Å². The molecule has 16 heavy (non-hydrogen) atoms. The zero-order chi connectivity index (χ0) is 11.7. The minimum Gasteiger partial charge on any atom is -0.205 e. The Hall–Kier alpha value is 0.1000. The summed E-state index contributed by atoms with van der Waals surface area (Å²) in [6.07, 6.45) is 0. The van der Waals surface area contributed by atoms with Gasteiger partial charge in [0.2, 0.25) is 0 Å². The first kappa shape index (κ1) is 12.6. The minimum absolute atomic E-state index is 0.148. The van der Waals surface area contributed by atoms with Crippen molar-refractivity contribution < 1.29 is 4.39 Å². The summed E-state index contributed by atoms with van der Waals surface area (Å²) in [6.45, 7) is 0. The number of thiophene rings is 1. The number of hydrogen-bond acceptors (Lipinski definition) is 1. The van der Waals surface area contributed by atoms with Gasteiger partial charge >= 0.3 is 0 Å². The van der Waals surface area contributed by atoms with Gasteiger partial charge in [-0.3, -0.25) is 0 Å². The number of alkyl halides is 1. The smallest absolute Gasteiger partial charge is 0.146 e. The van der Waals surface area contributed by atoms with Gasteiger partial charge < -0.3 is 0 Å². The lowest BCUT2D eigenvalue weighted by molar-refractivity contribution is 0.614. The normalized spacial score (nSPS) is 12.8. The molecule has 1 unspecified atom stereocenters. The molecule has 0 aliphatic heterocycles. The van der Waals surface area contributed by atoms with Crippen molar-refractivity contribution in [1.29, 1.82) is 0 Å². The molecule has 0 aliphatic carbocycles. The molecule has 0 fully saturated rings. The van der Waals surface area contributed by atoms with Crippen LogP contribution in [0.5, 0.6) is 0 Å². The fourth-order valence-electron chi connectivity index (χ4n) is 1.34. The van der Waals surface area contributed by atoms with Crippen molar-refractivity contribution in [2.75, 3.05) is 0 Å². The highest BCUT2D eigenvalue weighted by Crippen LogP contribution is 2.40. The van der Waals surface area contributed by atoms with Gasteiger partial charge in [-0.05, 0) is 33.4 Å². The molecule has 1 atom stereocenters. The van der Waals surface area contributed by atoms with Crippen molar-refractivity contribution in [3.63, 3.8) is 0 Å². The molecular formula is C11H6Br2ClFS.